The Morgan fingerprint density at radius 2 is 2.27 bits per heavy atom. The molecule has 0 radical (unpaired) electrons. The summed E-state index contributed by atoms with van der Waals surface area (Å²) in [7, 11) is 5.87. The summed E-state index contributed by atoms with van der Waals surface area (Å²) in [5.74, 6) is 1.79. The molecule has 1 aliphatic rings. The standard InChI is InChI=1S/C18H29N7O/c1-13-19-18(22-21-13)15-7-9-25(10-14-6-5-8-24(14)4)11-16(15)20-17(26)12-23(2)3/h5-6,8,15-16H,7,9-12H2,1-4H3,(H,20,26)(H,19,21,22)/t15-,16+/m0/s1. The average Bonchev–Trinajstić information content (AvgIpc) is 3.16. The van der Waals surface area contributed by atoms with Gasteiger partial charge in [-0.3, -0.25) is 14.8 Å². The van der Waals surface area contributed by atoms with Gasteiger partial charge >= 0.3 is 0 Å². The molecule has 3 rings (SSSR count). The molecule has 142 valence electrons. The quantitative estimate of drug-likeness (QED) is 0.784. The molecule has 2 atom stereocenters. The van der Waals surface area contributed by atoms with Crippen molar-refractivity contribution in [1.29, 1.82) is 0 Å². The van der Waals surface area contributed by atoms with Crippen molar-refractivity contribution < 1.29 is 4.79 Å². The van der Waals surface area contributed by atoms with Crippen LogP contribution in [-0.2, 0) is 18.4 Å². The van der Waals surface area contributed by atoms with Gasteiger partial charge in [0.15, 0.2) is 5.82 Å². The molecular weight excluding hydrogens is 330 g/mol. The number of H-pyrrole nitrogens is 1. The molecule has 1 saturated heterocycles. The maximum absolute atomic E-state index is 12.4. The van der Waals surface area contributed by atoms with Crippen LogP contribution in [0.2, 0.25) is 0 Å². The van der Waals surface area contributed by atoms with E-state index in [0.29, 0.717) is 6.54 Å². The predicted octanol–water partition coefficient (Wildman–Crippen LogP) is 0.488. The first kappa shape index (κ1) is 18.6. The van der Waals surface area contributed by atoms with Gasteiger partial charge in [-0.25, -0.2) is 4.98 Å². The third-order valence-electron chi connectivity index (χ3n) is 4.89. The number of aryl methyl sites for hydroxylation is 2. The SMILES string of the molecule is Cc1nc([C@H]2CCN(Cc3cccn3C)C[C@H]2NC(=O)CN(C)C)n[nH]1. The number of aromatic nitrogens is 4. The second-order valence-electron chi connectivity index (χ2n) is 7.43. The van der Waals surface area contributed by atoms with Crippen LogP contribution in [0.3, 0.4) is 0 Å². The normalized spacial score (nSPS) is 21.3. The number of likely N-dealkylation sites (N-methyl/N-ethyl adjacent to an activating group) is 1. The molecular formula is C18H29N7O. The zero-order chi connectivity index (χ0) is 18.7. The van der Waals surface area contributed by atoms with Gasteiger partial charge in [0, 0.05) is 37.9 Å². The molecule has 26 heavy (non-hydrogen) atoms. The summed E-state index contributed by atoms with van der Waals surface area (Å²) in [5, 5.41) is 10.5. The molecule has 8 nitrogen and oxygen atoms in total. The Bertz CT molecular complexity index is 735. The predicted molar refractivity (Wildman–Crippen MR) is 99.7 cm³/mol. The van der Waals surface area contributed by atoms with E-state index in [4.69, 9.17) is 0 Å². The lowest BCUT2D eigenvalue weighted by atomic mass is 9.90. The molecule has 3 heterocycles. The van der Waals surface area contributed by atoms with E-state index in [0.717, 1.165) is 37.7 Å². The second-order valence-corrected chi connectivity index (χ2v) is 7.43. The molecule has 2 N–H and O–H groups in total. The Morgan fingerprint density at radius 1 is 1.46 bits per heavy atom. The fourth-order valence-electron chi connectivity index (χ4n) is 3.57. The van der Waals surface area contributed by atoms with Gasteiger partial charge in [-0.1, -0.05) is 0 Å². The fourth-order valence-corrected chi connectivity index (χ4v) is 3.57. The molecule has 1 fully saturated rings. The van der Waals surface area contributed by atoms with Gasteiger partial charge in [0.1, 0.15) is 5.82 Å². The zero-order valence-electron chi connectivity index (χ0n) is 16.1. The third-order valence-corrected chi connectivity index (χ3v) is 4.89. The van der Waals surface area contributed by atoms with Crippen molar-refractivity contribution in [3.63, 3.8) is 0 Å². The summed E-state index contributed by atoms with van der Waals surface area (Å²) < 4.78 is 2.14. The molecule has 0 spiro atoms. The first-order valence-electron chi connectivity index (χ1n) is 9.08. The molecule has 1 amide bonds. The smallest absolute Gasteiger partial charge is 0.234 e. The Hall–Kier alpha value is -2.19. The van der Waals surface area contributed by atoms with Crippen LogP contribution in [0.4, 0.5) is 0 Å². The highest BCUT2D eigenvalue weighted by atomic mass is 16.2. The number of rotatable bonds is 6. The van der Waals surface area contributed by atoms with Crippen molar-refractivity contribution in [3.8, 4) is 0 Å². The number of hydrogen-bond acceptors (Lipinski definition) is 5. The summed E-state index contributed by atoms with van der Waals surface area (Å²) in [4.78, 5) is 21.1. The van der Waals surface area contributed by atoms with Crippen LogP contribution in [0, 0.1) is 6.92 Å². The lowest BCUT2D eigenvalue weighted by Gasteiger charge is -2.38. The van der Waals surface area contributed by atoms with E-state index in [2.05, 4.69) is 55.3 Å². The number of carbonyl (C=O) groups excluding carboxylic acids is 1. The van der Waals surface area contributed by atoms with Gasteiger partial charge in [-0.05, 0) is 46.1 Å². The van der Waals surface area contributed by atoms with E-state index in [1.165, 1.54) is 5.69 Å². The van der Waals surface area contributed by atoms with Crippen LogP contribution in [-0.4, -0.2) is 75.2 Å². The van der Waals surface area contributed by atoms with Crippen LogP contribution < -0.4 is 5.32 Å². The number of amides is 1. The van der Waals surface area contributed by atoms with Crippen LogP contribution in [0.15, 0.2) is 18.3 Å². The largest absolute Gasteiger partial charge is 0.353 e. The minimum absolute atomic E-state index is 0.00617. The van der Waals surface area contributed by atoms with Gasteiger partial charge in [-0.15, -0.1) is 0 Å². The number of nitrogens with zero attached hydrogens (tertiary/aromatic N) is 5. The monoisotopic (exact) mass is 359 g/mol. The third kappa shape index (κ3) is 4.50. The van der Waals surface area contributed by atoms with Gasteiger partial charge in [0.2, 0.25) is 5.91 Å². The summed E-state index contributed by atoms with van der Waals surface area (Å²) >= 11 is 0. The molecule has 0 unspecified atom stereocenters. The Morgan fingerprint density at radius 3 is 2.88 bits per heavy atom. The number of likely N-dealkylation sites (tertiary alicyclic amines) is 1. The highest BCUT2D eigenvalue weighted by molar-refractivity contribution is 5.78. The number of nitrogens with one attached hydrogen (secondary N) is 2. The van der Waals surface area contributed by atoms with Crippen molar-refractivity contribution in [2.75, 3.05) is 33.7 Å². The van der Waals surface area contributed by atoms with Crippen molar-refractivity contribution in [3.05, 3.63) is 35.7 Å². The molecule has 0 bridgehead atoms. The Balaban J connectivity index is 1.72. The lowest BCUT2D eigenvalue weighted by Crippen LogP contribution is -2.53. The number of piperidine rings is 1. The number of carbonyl (C=O) groups is 1. The molecule has 1 aliphatic heterocycles. The first-order chi connectivity index (χ1) is 12.4. The van der Waals surface area contributed by atoms with E-state index in [-0.39, 0.29) is 17.9 Å². The topological polar surface area (TPSA) is 82.1 Å². The summed E-state index contributed by atoms with van der Waals surface area (Å²) in [6, 6.07) is 4.21. The van der Waals surface area contributed by atoms with E-state index in [9.17, 15) is 4.79 Å². The van der Waals surface area contributed by atoms with Crippen LogP contribution in [0.5, 0.6) is 0 Å². The minimum atomic E-state index is 0.00617. The lowest BCUT2D eigenvalue weighted by molar-refractivity contribution is -0.123. The fraction of sp³-hybridized carbons (Fsp3) is 0.611. The maximum Gasteiger partial charge on any atom is 0.234 e. The minimum Gasteiger partial charge on any atom is -0.353 e. The van der Waals surface area contributed by atoms with Crippen LogP contribution >= 0.6 is 0 Å². The maximum atomic E-state index is 12.4. The Labute approximate surface area is 154 Å². The second kappa shape index (κ2) is 8.01. The van der Waals surface area contributed by atoms with Crippen LogP contribution in [0.1, 0.15) is 29.7 Å². The van der Waals surface area contributed by atoms with Crippen molar-refractivity contribution in [1.82, 2.24) is 34.9 Å². The van der Waals surface area contributed by atoms with Gasteiger partial charge < -0.3 is 14.8 Å². The molecule has 8 heteroatoms. The highest BCUT2D eigenvalue weighted by Gasteiger charge is 2.34. The number of hydrogen-bond donors (Lipinski definition) is 2. The summed E-state index contributed by atoms with van der Waals surface area (Å²) in [5.41, 5.74) is 1.27. The first-order valence-corrected chi connectivity index (χ1v) is 9.08. The highest BCUT2D eigenvalue weighted by Crippen LogP contribution is 2.27. The van der Waals surface area contributed by atoms with Crippen LogP contribution in [0.25, 0.3) is 0 Å². The zero-order valence-corrected chi connectivity index (χ0v) is 16.1. The van der Waals surface area contributed by atoms with Crippen molar-refractivity contribution in [2.24, 2.45) is 7.05 Å². The average molecular weight is 359 g/mol. The molecule has 2 aromatic rings. The number of aromatic amines is 1. The summed E-state index contributed by atoms with van der Waals surface area (Å²) in [6.07, 6.45) is 2.99. The van der Waals surface area contributed by atoms with Gasteiger partial charge in [0.25, 0.3) is 0 Å². The van der Waals surface area contributed by atoms with E-state index >= 15 is 0 Å². The summed E-state index contributed by atoms with van der Waals surface area (Å²) in [6.45, 7) is 4.92. The van der Waals surface area contributed by atoms with Gasteiger partial charge in [-0.2, -0.15) is 5.10 Å². The van der Waals surface area contributed by atoms with Gasteiger partial charge in [0.05, 0.1) is 12.6 Å². The molecule has 0 aliphatic carbocycles. The van der Waals surface area contributed by atoms with Crippen molar-refractivity contribution >= 4 is 5.91 Å². The van der Waals surface area contributed by atoms with Crippen molar-refractivity contribution in [2.45, 2.75) is 31.8 Å². The van der Waals surface area contributed by atoms with E-state index in [1.54, 1.807) is 0 Å². The molecule has 2 aromatic heterocycles. The van der Waals surface area contributed by atoms with E-state index in [1.807, 2.05) is 25.9 Å². The molecule has 0 aromatic carbocycles. The Kier molecular flexibility index (Phi) is 5.73. The van der Waals surface area contributed by atoms with E-state index < -0.39 is 0 Å². The molecule has 0 saturated carbocycles.